The maximum Gasteiger partial charge on any atom is 0.238 e. The first-order valence-electron chi connectivity index (χ1n) is 8.55. The Hall–Kier alpha value is -2.38. The summed E-state index contributed by atoms with van der Waals surface area (Å²) < 4.78 is 22.6. The standard InChI is InChI=1S/C19H24N4O2S/c1-21-18(22-13-15-7-9-17(10-8-15)26(20,24)25)23-14-19(11-12-19)16-5-3-2-4-6-16/h2-10H,11-14H2,1H3,(H2,20,24,25)(H2,21,22,23). The van der Waals surface area contributed by atoms with Crippen LogP contribution < -0.4 is 15.8 Å². The molecule has 138 valence electrons. The molecule has 1 saturated carbocycles. The zero-order valence-corrected chi connectivity index (χ0v) is 15.6. The SMILES string of the molecule is CN=C(NCc1ccc(S(N)(=O)=O)cc1)NCC1(c2ccccc2)CC1. The maximum absolute atomic E-state index is 11.3. The Morgan fingerprint density at radius 1 is 1.08 bits per heavy atom. The van der Waals surface area contributed by atoms with Crippen LogP contribution in [0.5, 0.6) is 0 Å². The summed E-state index contributed by atoms with van der Waals surface area (Å²) in [6.45, 7) is 1.38. The number of aliphatic imine (C=N–C) groups is 1. The number of benzene rings is 2. The van der Waals surface area contributed by atoms with Gasteiger partial charge in [-0.3, -0.25) is 4.99 Å². The molecular weight excluding hydrogens is 348 g/mol. The van der Waals surface area contributed by atoms with Crippen LogP contribution in [0.3, 0.4) is 0 Å². The van der Waals surface area contributed by atoms with Crippen LogP contribution in [0, 0.1) is 0 Å². The van der Waals surface area contributed by atoms with Crippen LogP contribution in [0.15, 0.2) is 64.5 Å². The van der Waals surface area contributed by atoms with Crippen molar-refractivity contribution in [2.75, 3.05) is 13.6 Å². The molecule has 0 aromatic heterocycles. The van der Waals surface area contributed by atoms with Crippen molar-refractivity contribution in [3.8, 4) is 0 Å². The average Bonchev–Trinajstić information content (AvgIpc) is 3.43. The van der Waals surface area contributed by atoms with E-state index in [0.717, 1.165) is 18.1 Å². The normalized spacial score (nSPS) is 16.2. The van der Waals surface area contributed by atoms with Gasteiger partial charge in [0.2, 0.25) is 10.0 Å². The lowest BCUT2D eigenvalue weighted by atomic mass is 9.96. The van der Waals surface area contributed by atoms with Crippen molar-refractivity contribution >= 4 is 16.0 Å². The Morgan fingerprint density at radius 3 is 2.27 bits per heavy atom. The van der Waals surface area contributed by atoms with Gasteiger partial charge in [0.1, 0.15) is 0 Å². The van der Waals surface area contributed by atoms with Gasteiger partial charge >= 0.3 is 0 Å². The van der Waals surface area contributed by atoms with Crippen molar-refractivity contribution < 1.29 is 8.42 Å². The van der Waals surface area contributed by atoms with E-state index in [2.05, 4.69) is 39.9 Å². The van der Waals surface area contributed by atoms with Gasteiger partial charge in [0.05, 0.1) is 4.90 Å². The molecule has 0 amide bonds. The zero-order valence-electron chi connectivity index (χ0n) is 14.8. The van der Waals surface area contributed by atoms with Crippen LogP contribution in [-0.2, 0) is 22.0 Å². The summed E-state index contributed by atoms with van der Waals surface area (Å²) in [6, 6.07) is 17.1. The highest BCUT2D eigenvalue weighted by atomic mass is 32.2. The quantitative estimate of drug-likeness (QED) is 0.531. The van der Waals surface area contributed by atoms with Crippen molar-refractivity contribution in [1.29, 1.82) is 0 Å². The van der Waals surface area contributed by atoms with Gasteiger partial charge < -0.3 is 10.6 Å². The van der Waals surface area contributed by atoms with Crippen LogP contribution in [-0.4, -0.2) is 28.0 Å². The first kappa shape index (κ1) is 18.4. The molecular formula is C19H24N4O2S. The number of hydrogen-bond acceptors (Lipinski definition) is 3. The second-order valence-electron chi connectivity index (χ2n) is 6.61. The largest absolute Gasteiger partial charge is 0.356 e. The monoisotopic (exact) mass is 372 g/mol. The Kier molecular flexibility index (Phi) is 5.29. The van der Waals surface area contributed by atoms with Crippen molar-refractivity contribution in [1.82, 2.24) is 10.6 Å². The Bertz CT molecular complexity index is 874. The third-order valence-corrected chi connectivity index (χ3v) is 5.70. The molecule has 0 spiro atoms. The predicted octanol–water partition coefficient (Wildman–Crippen LogP) is 1.73. The minimum absolute atomic E-state index is 0.113. The van der Waals surface area contributed by atoms with E-state index in [4.69, 9.17) is 5.14 Å². The smallest absolute Gasteiger partial charge is 0.238 e. The fourth-order valence-electron chi connectivity index (χ4n) is 2.97. The van der Waals surface area contributed by atoms with E-state index in [-0.39, 0.29) is 10.3 Å². The first-order valence-corrected chi connectivity index (χ1v) is 10.1. The van der Waals surface area contributed by atoms with Gasteiger partial charge in [0.25, 0.3) is 0 Å². The van der Waals surface area contributed by atoms with Gasteiger partial charge in [-0.15, -0.1) is 0 Å². The van der Waals surface area contributed by atoms with E-state index in [1.807, 2.05) is 6.07 Å². The molecule has 3 rings (SSSR count). The molecule has 2 aromatic rings. The number of hydrogen-bond donors (Lipinski definition) is 3. The lowest BCUT2D eigenvalue weighted by molar-refractivity contribution is 0.597. The molecule has 1 aliphatic rings. The highest BCUT2D eigenvalue weighted by Crippen LogP contribution is 2.47. The van der Waals surface area contributed by atoms with E-state index in [9.17, 15) is 8.42 Å². The predicted molar refractivity (Wildman–Crippen MR) is 103 cm³/mol. The molecule has 0 radical (unpaired) electrons. The van der Waals surface area contributed by atoms with E-state index in [1.165, 1.54) is 30.5 Å². The summed E-state index contributed by atoms with van der Waals surface area (Å²) in [5, 5.41) is 11.8. The van der Waals surface area contributed by atoms with Gasteiger partial charge in [-0.25, -0.2) is 13.6 Å². The molecule has 1 aliphatic carbocycles. The molecule has 0 bridgehead atoms. The zero-order chi connectivity index (χ0) is 18.6. The number of nitrogens with one attached hydrogen (secondary N) is 2. The topological polar surface area (TPSA) is 96.6 Å². The summed E-state index contributed by atoms with van der Waals surface area (Å²) in [4.78, 5) is 4.38. The minimum Gasteiger partial charge on any atom is -0.356 e. The third-order valence-electron chi connectivity index (χ3n) is 4.77. The summed E-state index contributed by atoms with van der Waals surface area (Å²) in [7, 11) is -1.92. The Morgan fingerprint density at radius 2 is 1.73 bits per heavy atom. The molecule has 6 nitrogen and oxygen atoms in total. The summed E-state index contributed by atoms with van der Waals surface area (Å²) in [5.74, 6) is 0.725. The first-order chi connectivity index (χ1) is 12.4. The summed E-state index contributed by atoms with van der Waals surface area (Å²) in [5.41, 5.74) is 2.52. The van der Waals surface area contributed by atoms with Gasteiger partial charge in [-0.1, -0.05) is 42.5 Å². The van der Waals surface area contributed by atoms with Crippen molar-refractivity contribution in [2.24, 2.45) is 10.1 Å². The van der Waals surface area contributed by atoms with Crippen LogP contribution >= 0.6 is 0 Å². The second-order valence-corrected chi connectivity index (χ2v) is 8.18. The average molecular weight is 372 g/mol. The van der Waals surface area contributed by atoms with E-state index >= 15 is 0 Å². The molecule has 2 aromatic carbocycles. The van der Waals surface area contributed by atoms with E-state index < -0.39 is 10.0 Å². The molecule has 0 saturated heterocycles. The van der Waals surface area contributed by atoms with Gasteiger partial charge in [-0.2, -0.15) is 0 Å². The third kappa shape index (κ3) is 4.42. The fourth-order valence-corrected chi connectivity index (χ4v) is 3.48. The van der Waals surface area contributed by atoms with Crippen LogP contribution in [0.4, 0.5) is 0 Å². The number of nitrogens with zero attached hydrogens (tertiary/aromatic N) is 1. The van der Waals surface area contributed by atoms with E-state index in [0.29, 0.717) is 6.54 Å². The van der Waals surface area contributed by atoms with Crippen molar-refractivity contribution in [2.45, 2.75) is 29.7 Å². The van der Waals surface area contributed by atoms with Gasteiger partial charge in [-0.05, 0) is 36.1 Å². The van der Waals surface area contributed by atoms with Crippen molar-refractivity contribution in [3.63, 3.8) is 0 Å². The lowest BCUT2D eigenvalue weighted by Gasteiger charge is -2.19. The molecule has 26 heavy (non-hydrogen) atoms. The van der Waals surface area contributed by atoms with E-state index in [1.54, 1.807) is 19.2 Å². The summed E-state index contributed by atoms with van der Waals surface area (Å²) in [6.07, 6.45) is 2.35. The van der Waals surface area contributed by atoms with Crippen LogP contribution in [0.25, 0.3) is 0 Å². The lowest BCUT2D eigenvalue weighted by Crippen LogP contribution is -2.40. The van der Waals surface area contributed by atoms with Gasteiger partial charge in [0, 0.05) is 25.6 Å². The number of nitrogens with two attached hydrogens (primary N) is 1. The maximum atomic E-state index is 11.3. The highest BCUT2D eigenvalue weighted by Gasteiger charge is 2.43. The Labute approximate surface area is 154 Å². The molecule has 0 aliphatic heterocycles. The molecule has 0 unspecified atom stereocenters. The van der Waals surface area contributed by atoms with Crippen LogP contribution in [0.2, 0.25) is 0 Å². The highest BCUT2D eigenvalue weighted by molar-refractivity contribution is 7.89. The molecule has 0 atom stereocenters. The number of rotatable bonds is 6. The van der Waals surface area contributed by atoms with Crippen LogP contribution in [0.1, 0.15) is 24.0 Å². The fraction of sp³-hybridized carbons (Fsp3) is 0.316. The molecule has 1 fully saturated rings. The number of primary sulfonamides is 1. The molecule has 0 heterocycles. The molecule has 4 N–H and O–H groups in total. The minimum atomic E-state index is -3.66. The van der Waals surface area contributed by atoms with Gasteiger partial charge in [0.15, 0.2) is 5.96 Å². The number of sulfonamides is 1. The summed E-state index contributed by atoms with van der Waals surface area (Å²) >= 11 is 0. The second kappa shape index (κ2) is 7.47. The number of guanidine groups is 1. The van der Waals surface area contributed by atoms with Crippen molar-refractivity contribution in [3.05, 3.63) is 65.7 Å². The molecule has 7 heteroatoms. The Balaban J connectivity index is 1.54.